The second-order valence-corrected chi connectivity index (χ2v) is 6.82. The summed E-state index contributed by atoms with van der Waals surface area (Å²) in [6.45, 7) is 4.01. The molecule has 0 amide bonds. The van der Waals surface area contributed by atoms with Crippen LogP contribution >= 0.6 is 24.0 Å². The fourth-order valence-electron chi connectivity index (χ4n) is 3.07. The van der Waals surface area contributed by atoms with Crippen LogP contribution < -0.4 is 20.3 Å². The number of halogens is 1. The van der Waals surface area contributed by atoms with Gasteiger partial charge in [0.25, 0.3) is 0 Å². The predicted molar refractivity (Wildman–Crippen MR) is 135 cm³/mol. The monoisotopic (exact) mass is 522 g/mol. The van der Waals surface area contributed by atoms with Gasteiger partial charge in [0, 0.05) is 64.3 Å². The van der Waals surface area contributed by atoms with Gasteiger partial charge in [-0.05, 0) is 29.8 Å². The number of aliphatic imine (C=N–C) groups is 1. The van der Waals surface area contributed by atoms with E-state index < -0.39 is 0 Å². The number of guanidine groups is 1. The van der Waals surface area contributed by atoms with Crippen molar-refractivity contribution in [2.75, 3.05) is 50.7 Å². The number of anilines is 2. The molecule has 0 aromatic heterocycles. The number of ether oxygens (including phenoxy) is 2. The second kappa shape index (κ2) is 13.1. The van der Waals surface area contributed by atoms with Crippen molar-refractivity contribution in [3.63, 3.8) is 0 Å². The van der Waals surface area contributed by atoms with E-state index in [1.165, 1.54) is 11.3 Å². The second-order valence-electron chi connectivity index (χ2n) is 6.82. The first-order valence-electron chi connectivity index (χ1n) is 9.97. The van der Waals surface area contributed by atoms with Gasteiger partial charge in [0.05, 0.1) is 6.61 Å². The molecule has 0 saturated heterocycles. The van der Waals surface area contributed by atoms with Crippen molar-refractivity contribution < 1.29 is 9.47 Å². The van der Waals surface area contributed by atoms with E-state index in [1.807, 2.05) is 24.3 Å². The molecule has 2 aromatic rings. The molecule has 2 aromatic carbocycles. The van der Waals surface area contributed by atoms with Gasteiger partial charge in [0.1, 0.15) is 5.75 Å². The standard InChI is InChI=1S/C23H30N4O2.HI/c1-24-23(26-20-7-5-8-22(17-20)29-16-6-15-28-2)25-18-19-9-11-21(12-10-19)27-13-3-4-14-27;/h3-5,7-12,17H,6,13-16,18H2,1-2H3,(H2,24,25,26);1H. The fourth-order valence-corrected chi connectivity index (χ4v) is 3.07. The minimum Gasteiger partial charge on any atom is -0.493 e. The highest BCUT2D eigenvalue weighted by atomic mass is 127. The number of methoxy groups -OCH3 is 1. The van der Waals surface area contributed by atoms with E-state index in [-0.39, 0.29) is 24.0 Å². The first kappa shape index (κ1) is 24.0. The van der Waals surface area contributed by atoms with Crippen LogP contribution in [0.1, 0.15) is 12.0 Å². The van der Waals surface area contributed by atoms with Gasteiger partial charge in [0.2, 0.25) is 0 Å². The zero-order valence-electron chi connectivity index (χ0n) is 17.6. The number of hydrogen-bond donors (Lipinski definition) is 2. The third-order valence-corrected chi connectivity index (χ3v) is 4.66. The fraction of sp³-hybridized carbons (Fsp3) is 0.348. The van der Waals surface area contributed by atoms with Crippen molar-refractivity contribution in [2.24, 2.45) is 4.99 Å². The average Bonchev–Trinajstić information content (AvgIpc) is 3.30. The van der Waals surface area contributed by atoms with Gasteiger partial charge in [-0.2, -0.15) is 0 Å². The Balaban J connectivity index is 0.00000320. The molecule has 3 rings (SSSR count). The predicted octanol–water partition coefficient (Wildman–Crippen LogP) is 4.28. The smallest absolute Gasteiger partial charge is 0.195 e. The molecule has 0 atom stereocenters. The molecular weight excluding hydrogens is 491 g/mol. The molecule has 2 N–H and O–H groups in total. The zero-order chi connectivity index (χ0) is 20.3. The van der Waals surface area contributed by atoms with E-state index in [4.69, 9.17) is 9.47 Å². The lowest BCUT2D eigenvalue weighted by atomic mass is 10.2. The van der Waals surface area contributed by atoms with Gasteiger partial charge in [0.15, 0.2) is 5.96 Å². The summed E-state index contributed by atoms with van der Waals surface area (Å²) < 4.78 is 10.8. The molecule has 6 nitrogen and oxygen atoms in total. The largest absolute Gasteiger partial charge is 0.493 e. The molecule has 0 unspecified atom stereocenters. The molecule has 0 bridgehead atoms. The van der Waals surface area contributed by atoms with Crippen LogP contribution in [0.15, 0.2) is 65.7 Å². The third-order valence-electron chi connectivity index (χ3n) is 4.66. The van der Waals surface area contributed by atoms with E-state index in [0.29, 0.717) is 25.7 Å². The number of rotatable bonds is 9. The van der Waals surface area contributed by atoms with Crippen molar-refractivity contribution in [2.45, 2.75) is 13.0 Å². The maximum Gasteiger partial charge on any atom is 0.195 e. The molecule has 1 heterocycles. The molecule has 1 aliphatic heterocycles. The zero-order valence-corrected chi connectivity index (χ0v) is 20.0. The van der Waals surface area contributed by atoms with Crippen molar-refractivity contribution in [3.05, 3.63) is 66.2 Å². The number of benzene rings is 2. The summed E-state index contributed by atoms with van der Waals surface area (Å²) in [5.41, 5.74) is 3.39. The molecule has 162 valence electrons. The van der Waals surface area contributed by atoms with E-state index in [1.54, 1.807) is 14.2 Å². The Bertz CT molecular complexity index is 816. The highest BCUT2D eigenvalue weighted by Gasteiger charge is 2.07. The summed E-state index contributed by atoms with van der Waals surface area (Å²) in [5, 5.41) is 6.67. The van der Waals surface area contributed by atoms with Gasteiger partial charge in [-0.25, -0.2) is 0 Å². The first-order chi connectivity index (χ1) is 14.3. The molecule has 0 fully saturated rings. The molecule has 30 heavy (non-hydrogen) atoms. The third kappa shape index (κ3) is 7.53. The Morgan fingerprint density at radius 3 is 2.53 bits per heavy atom. The highest BCUT2D eigenvalue weighted by molar-refractivity contribution is 14.0. The van der Waals surface area contributed by atoms with Crippen LogP contribution in [0.3, 0.4) is 0 Å². The van der Waals surface area contributed by atoms with Gasteiger partial charge in [-0.3, -0.25) is 4.99 Å². The van der Waals surface area contributed by atoms with Crippen LogP contribution in [0, 0.1) is 0 Å². The molecule has 0 aliphatic carbocycles. The van der Waals surface area contributed by atoms with Crippen molar-refractivity contribution >= 4 is 41.3 Å². The summed E-state index contributed by atoms with van der Waals surface area (Å²) in [6.07, 6.45) is 5.26. The van der Waals surface area contributed by atoms with E-state index in [0.717, 1.165) is 30.9 Å². The summed E-state index contributed by atoms with van der Waals surface area (Å²) in [5.74, 6) is 1.54. The van der Waals surface area contributed by atoms with Crippen LogP contribution in [0.4, 0.5) is 11.4 Å². The van der Waals surface area contributed by atoms with Crippen LogP contribution in [-0.4, -0.2) is 46.4 Å². The Morgan fingerprint density at radius 1 is 1.07 bits per heavy atom. The lowest BCUT2D eigenvalue weighted by molar-refractivity contribution is 0.172. The number of nitrogens with zero attached hydrogens (tertiary/aromatic N) is 2. The lowest BCUT2D eigenvalue weighted by Crippen LogP contribution is -2.30. The number of nitrogens with one attached hydrogen (secondary N) is 2. The van der Waals surface area contributed by atoms with Crippen LogP contribution in [0.5, 0.6) is 5.75 Å². The molecule has 0 radical (unpaired) electrons. The van der Waals surface area contributed by atoms with Crippen molar-refractivity contribution in [1.82, 2.24) is 5.32 Å². The van der Waals surface area contributed by atoms with Gasteiger partial charge in [-0.15, -0.1) is 24.0 Å². The molecule has 0 saturated carbocycles. The quantitative estimate of drug-likeness (QED) is 0.169. The maximum atomic E-state index is 5.76. The van der Waals surface area contributed by atoms with Crippen molar-refractivity contribution in [1.29, 1.82) is 0 Å². The molecular formula is C23H31IN4O2. The number of hydrogen-bond acceptors (Lipinski definition) is 4. The Labute approximate surface area is 196 Å². The molecule has 7 heteroatoms. The van der Waals surface area contributed by atoms with E-state index in [9.17, 15) is 0 Å². The maximum absolute atomic E-state index is 5.76. The van der Waals surface area contributed by atoms with Crippen LogP contribution in [0.25, 0.3) is 0 Å². The minimum atomic E-state index is 0. The lowest BCUT2D eigenvalue weighted by Gasteiger charge is -2.18. The summed E-state index contributed by atoms with van der Waals surface area (Å²) in [7, 11) is 3.46. The minimum absolute atomic E-state index is 0. The van der Waals surface area contributed by atoms with E-state index in [2.05, 4.69) is 56.9 Å². The summed E-state index contributed by atoms with van der Waals surface area (Å²) in [4.78, 5) is 6.65. The van der Waals surface area contributed by atoms with Gasteiger partial charge >= 0.3 is 0 Å². The average molecular weight is 522 g/mol. The Hall–Kier alpha value is -2.26. The van der Waals surface area contributed by atoms with Crippen molar-refractivity contribution in [3.8, 4) is 5.75 Å². The van der Waals surface area contributed by atoms with Crippen LogP contribution in [0.2, 0.25) is 0 Å². The van der Waals surface area contributed by atoms with Crippen LogP contribution in [-0.2, 0) is 11.3 Å². The highest BCUT2D eigenvalue weighted by Crippen LogP contribution is 2.19. The summed E-state index contributed by atoms with van der Waals surface area (Å²) >= 11 is 0. The van der Waals surface area contributed by atoms with Gasteiger partial charge in [-0.1, -0.05) is 30.4 Å². The van der Waals surface area contributed by atoms with Gasteiger partial charge < -0.3 is 25.0 Å². The first-order valence-corrected chi connectivity index (χ1v) is 9.97. The molecule has 0 spiro atoms. The SMILES string of the molecule is CN=C(NCc1ccc(N2CC=CC2)cc1)Nc1cccc(OCCCOC)c1.I. The topological polar surface area (TPSA) is 58.1 Å². The molecule has 1 aliphatic rings. The summed E-state index contributed by atoms with van der Waals surface area (Å²) in [6, 6.07) is 16.5. The Kier molecular flexibility index (Phi) is 10.5. The Morgan fingerprint density at radius 2 is 1.83 bits per heavy atom. The van der Waals surface area contributed by atoms with E-state index >= 15 is 0 Å². The normalized spacial score (nSPS) is 13.1.